The number of hydrogen-bond acceptors (Lipinski definition) is 0. The zero-order valence-corrected chi connectivity index (χ0v) is 15.8. The molecular formula is C14H10ClF17. The molecule has 0 spiro atoms. The van der Waals surface area contributed by atoms with Crippen molar-refractivity contribution in [3.63, 3.8) is 0 Å². The number of halogens is 18. The fraction of sp³-hybridized carbons (Fsp3) is 1.00. The Labute approximate surface area is 172 Å². The SMILES string of the molecule is CC1CCCC1(Cl)C(F)(F)C(F)(F)C(F)(F)C(F)(F)C(F)(F)C(F)(F)C(F)(F)C(F)(F)F. The Kier molecular flexibility index (Phi) is 6.64. The first kappa shape index (κ1) is 29.1. The first-order chi connectivity index (χ1) is 13.6. The molecule has 0 aliphatic heterocycles. The molecule has 0 aromatic rings. The minimum absolute atomic E-state index is 0.482. The summed E-state index contributed by atoms with van der Waals surface area (Å²) >= 11 is 5.18. The van der Waals surface area contributed by atoms with Gasteiger partial charge in [0.15, 0.2) is 0 Å². The summed E-state index contributed by atoms with van der Waals surface area (Å²) in [6.45, 7) is 0.646. The van der Waals surface area contributed by atoms with Crippen LogP contribution in [-0.4, -0.2) is 52.5 Å². The van der Waals surface area contributed by atoms with E-state index in [-0.39, 0.29) is 0 Å². The molecule has 18 heteroatoms. The van der Waals surface area contributed by atoms with Crippen LogP contribution in [0, 0.1) is 5.92 Å². The molecular weight excluding hydrogens is 527 g/mol. The molecule has 0 saturated heterocycles. The quantitative estimate of drug-likeness (QED) is 0.230. The van der Waals surface area contributed by atoms with Crippen molar-refractivity contribution in [2.45, 2.75) is 78.7 Å². The molecule has 1 rings (SSSR count). The highest BCUT2D eigenvalue weighted by Crippen LogP contribution is 2.66. The van der Waals surface area contributed by atoms with E-state index in [4.69, 9.17) is 11.6 Å². The van der Waals surface area contributed by atoms with Crippen LogP contribution in [0.5, 0.6) is 0 Å². The Bertz CT molecular complexity index is 670. The third-order valence-corrected chi connectivity index (χ3v) is 6.00. The number of alkyl halides is 18. The van der Waals surface area contributed by atoms with Crippen LogP contribution in [-0.2, 0) is 0 Å². The Morgan fingerprint density at radius 1 is 0.562 bits per heavy atom. The van der Waals surface area contributed by atoms with Gasteiger partial charge in [0.25, 0.3) is 0 Å². The van der Waals surface area contributed by atoms with Gasteiger partial charge in [-0.15, -0.1) is 11.6 Å². The first-order valence-corrected chi connectivity index (χ1v) is 8.41. The van der Waals surface area contributed by atoms with Crippen molar-refractivity contribution in [2.24, 2.45) is 5.92 Å². The summed E-state index contributed by atoms with van der Waals surface area (Å²) in [6.07, 6.45) is -10.0. The molecule has 1 saturated carbocycles. The predicted molar refractivity (Wildman–Crippen MR) is 72.3 cm³/mol. The van der Waals surface area contributed by atoms with Crippen LogP contribution in [0.25, 0.3) is 0 Å². The summed E-state index contributed by atoms with van der Waals surface area (Å²) in [5.41, 5.74) is 0. The van der Waals surface area contributed by atoms with Crippen LogP contribution in [0.3, 0.4) is 0 Å². The Balaban J connectivity index is 3.69. The van der Waals surface area contributed by atoms with Crippen LogP contribution in [0.15, 0.2) is 0 Å². The highest BCUT2D eigenvalue weighted by atomic mass is 35.5. The number of rotatable bonds is 7. The van der Waals surface area contributed by atoms with Crippen molar-refractivity contribution in [1.29, 1.82) is 0 Å². The average Bonchev–Trinajstić information content (AvgIpc) is 2.93. The van der Waals surface area contributed by atoms with E-state index in [1.807, 2.05) is 0 Å². The molecule has 0 N–H and O–H groups in total. The zero-order chi connectivity index (χ0) is 26.2. The van der Waals surface area contributed by atoms with Gasteiger partial charge in [-0.3, -0.25) is 0 Å². The van der Waals surface area contributed by atoms with E-state index < -0.39 is 77.7 Å². The topological polar surface area (TPSA) is 0 Å². The molecule has 2 unspecified atom stereocenters. The average molecular weight is 537 g/mol. The smallest absolute Gasteiger partial charge is 0.198 e. The standard InChI is InChI=1S/C14H10ClF17/c1-5-3-2-4-6(5,15)7(16,17)8(18,19)9(20,21)10(22,23)11(24,25)12(26,27)13(28,29)14(30,31)32/h5H,2-4H2,1H3. The zero-order valence-electron chi connectivity index (χ0n) is 15.0. The normalized spacial score (nSPS) is 25.4. The second-order valence-electron chi connectivity index (χ2n) is 7.17. The monoisotopic (exact) mass is 536 g/mol. The second kappa shape index (κ2) is 7.30. The lowest BCUT2D eigenvalue weighted by atomic mass is 9.81. The summed E-state index contributed by atoms with van der Waals surface area (Å²) in [5, 5.41) is 0. The lowest BCUT2D eigenvalue weighted by molar-refractivity contribution is -0.463. The van der Waals surface area contributed by atoms with Gasteiger partial charge in [0, 0.05) is 0 Å². The molecule has 1 fully saturated rings. The van der Waals surface area contributed by atoms with Crippen LogP contribution in [0.1, 0.15) is 26.2 Å². The first-order valence-electron chi connectivity index (χ1n) is 8.03. The van der Waals surface area contributed by atoms with Crippen LogP contribution in [0.4, 0.5) is 74.6 Å². The maximum absolute atomic E-state index is 14.2. The van der Waals surface area contributed by atoms with Gasteiger partial charge in [-0.1, -0.05) is 13.3 Å². The predicted octanol–water partition coefficient (Wildman–Crippen LogP) is 7.79. The van der Waals surface area contributed by atoms with Crippen LogP contribution >= 0.6 is 11.6 Å². The van der Waals surface area contributed by atoms with E-state index in [0.717, 1.165) is 0 Å². The summed E-state index contributed by atoms with van der Waals surface area (Å²) in [5.74, 6) is -58.3. The van der Waals surface area contributed by atoms with Crippen molar-refractivity contribution >= 4 is 11.6 Å². The molecule has 0 amide bonds. The van der Waals surface area contributed by atoms with Gasteiger partial charge in [-0.2, -0.15) is 74.6 Å². The molecule has 32 heavy (non-hydrogen) atoms. The van der Waals surface area contributed by atoms with Gasteiger partial charge in [0.1, 0.15) is 4.87 Å². The molecule has 2 atom stereocenters. The fourth-order valence-electron chi connectivity index (χ4n) is 3.03. The van der Waals surface area contributed by atoms with Gasteiger partial charge < -0.3 is 0 Å². The summed E-state index contributed by atoms with van der Waals surface area (Å²) in [4.78, 5) is -3.80. The van der Waals surface area contributed by atoms with Crippen LogP contribution in [0.2, 0.25) is 0 Å². The molecule has 0 radical (unpaired) electrons. The minimum Gasteiger partial charge on any atom is -0.198 e. The van der Waals surface area contributed by atoms with Gasteiger partial charge in [0.2, 0.25) is 0 Å². The number of hydrogen-bond donors (Lipinski definition) is 0. The molecule has 0 heterocycles. The molecule has 0 aromatic heterocycles. The highest BCUT2D eigenvalue weighted by molar-refractivity contribution is 6.25. The highest BCUT2D eigenvalue weighted by Gasteiger charge is 2.96. The Hall–Kier alpha value is -0.900. The largest absolute Gasteiger partial charge is 0.460 e. The van der Waals surface area contributed by atoms with Gasteiger partial charge >= 0.3 is 47.6 Å². The molecule has 192 valence electrons. The molecule has 1 aliphatic rings. The summed E-state index contributed by atoms with van der Waals surface area (Å²) in [7, 11) is 0. The van der Waals surface area contributed by atoms with Crippen molar-refractivity contribution in [3.8, 4) is 0 Å². The summed E-state index contributed by atoms with van der Waals surface area (Å²) < 4.78 is 225. The molecule has 0 bridgehead atoms. The Morgan fingerprint density at radius 2 is 0.875 bits per heavy atom. The van der Waals surface area contributed by atoms with E-state index in [1.165, 1.54) is 0 Å². The van der Waals surface area contributed by atoms with E-state index in [9.17, 15) is 74.6 Å². The third kappa shape index (κ3) is 3.25. The van der Waals surface area contributed by atoms with E-state index in [0.29, 0.717) is 6.92 Å². The maximum Gasteiger partial charge on any atom is 0.460 e. The van der Waals surface area contributed by atoms with Gasteiger partial charge in [0.05, 0.1) is 0 Å². The second-order valence-corrected chi connectivity index (χ2v) is 7.85. The molecule has 1 aliphatic carbocycles. The molecule has 0 aromatic carbocycles. The van der Waals surface area contributed by atoms with Crippen LogP contribution < -0.4 is 0 Å². The lowest BCUT2D eigenvalue weighted by Gasteiger charge is -2.46. The van der Waals surface area contributed by atoms with Crippen molar-refractivity contribution in [1.82, 2.24) is 0 Å². The van der Waals surface area contributed by atoms with E-state index in [2.05, 4.69) is 0 Å². The fourth-order valence-corrected chi connectivity index (χ4v) is 3.39. The van der Waals surface area contributed by atoms with Crippen molar-refractivity contribution in [3.05, 3.63) is 0 Å². The van der Waals surface area contributed by atoms with E-state index >= 15 is 0 Å². The third-order valence-electron chi connectivity index (χ3n) is 5.20. The molecule has 0 nitrogen and oxygen atoms in total. The van der Waals surface area contributed by atoms with Gasteiger partial charge in [-0.25, -0.2) is 0 Å². The maximum atomic E-state index is 14.2. The van der Waals surface area contributed by atoms with Crippen molar-refractivity contribution < 1.29 is 74.6 Å². The Morgan fingerprint density at radius 3 is 1.16 bits per heavy atom. The van der Waals surface area contributed by atoms with E-state index in [1.54, 1.807) is 0 Å². The van der Waals surface area contributed by atoms with Crippen molar-refractivity contribution in [2.75, 3.05) is 0 Å². The minimum atomic E-state index is -8.62. The van der Waals surface area contributed by atoms with Gasteiger partial charge in [-0.05, 0) is 18.8 Å². The lowest BCUT2D eigenvalue weighted by Crippen LogP contribution is -2.76. The summed E-state index contributed by atoms with van der Waals surface area (Å²) in [6, 6.07) is 0.